The zero-order chi connectivity index (χ0) is 18.8. The fourth-order valence-corrected chi connectivity index (χ4v) is 3.17. The number of carbonyl (C=O) groups is 1. The lowest BCUT2D eigenvalue weighted by Gasteiger charge is -2.13. The van der Waals surface area contributed by atoms with E-state index in [0.29, 0.717) is 42.5 Å². The Bertz CT molecular complexity index is 1030. The van der Waals surface area contributed by atoms with Crippen molar-refractivity contribution in [1.29, 1.82) is 0 Å². The van der Waals surface area contributed by atoms with Crippen LogP contribution in [0.5, 0.6) is 0 Å². The second-order valence-electron chi connectivity index (χ2n) is 6.20. The minimum absolute atomic E-state index is 0.292. The Balaban J connectivity index is 1.52. The van der Waals surface area contributed by atoms with E-state index in [1.165, 1.54) is 17.9 Å². The van der Waals surface area contributed by atoms with Crippen LogP contribution in [-0.4, -0.2) is 27.6 Å². The molecule has 8 nitrogen and oxygen atoms in total. The highest BCUT2D eigenvalue weighted by molar-refractivity contribution is 5.74. The van der Waals surface area contributed by atoms with E-state index in [0.717, 1.165) is 5.56 Å². The van der Waals surface area contributed by atoms with Gasteiger partial charge in [0.1, 0.15) is 23.8 Å². The number of ether oxygens (including phenoxy) is 1. The van der Waals surface area contributed by atoms with Crippen molar-refractivity contribution in [2.45, 2.75) is 25.4 Å². The lowest BCUT2D eigenvalue weighted by atomic mass is 10.2. The highest BCUT2D eigenvalue weighted by atomic mass is 16.5. The van der Waals surface area contributed by atoms with Gasteiger partial charge in [-0.2, -0.15) is 0 Å². The fraction of sp³-hybridized carbons (Fsp3) is 0.263. The molecule has 0 fully saturated rings. The number of carbonyl (C=O) groups excluding carboxylic acids is 1. The maximum atomic E-state index is 12.7. The van der Waals surface area contributed by atoms with Crippen molar-refractivity contribution in [3.63, 3.8) is 0 Å². The molecule has 0 aliphatic carbocycles. The Hall–Kier alpha value is -3.42. The minimum atomic E-state index is -0.622. The van der Waals surface area contributed by atoms with Gasteiger partial charge in [0.25, 0.3) is 5.56 Å². The summed E-state index contributed by atoms with van der Waals surface area (Å²) in [6.07, 6.45) is 4.12. The van der Waals surface area contributed by atoms with Gasteiger partial charge in [0.05, 0.1) is 25.5 Å². The number of nitrogens with zero attached hydrogens (tertiary/aromatic N) is 3. The summed E-state index contributed by atoms with van der Waals surface area (Å²) in [6, 6.07) is 8.94. The molecule has 1 aliphatic heterocycles. The van der Waals surface area contributed by atoms with Crippen LogP contribution in [0, 0.1) is 0 Å². The van der Waals surface area contributed by atoms with Crippen molar-refractivity contribution in [3.8, 4) is 11.5 Å². The number of rotatable bonds is 5. The highest BCUT2D eigenvalue weighted by Crippen LogP contribution is 2.24. The molecule has 1 aromatic carbocycles. The van der Waals surface area contributed by atoms with E-state index in [1.54, 1.807) is 6.26 Å². The van der Waals surface area contributed by atoms with Crippen LogP contribution < -0.4 is 10.9 Å². The van der Waals surface area contributed by atoms with Gasteiger partial charge in [-0.15, -0.1) is 0 Å². The van der Waals surface area contributed by atoms with Crippen LogP contribution in [0.4, 0.5) is 5.69 Å². The summed E-state index contributed by atoms with van der Waals surface area (Å²) in [5.41, 5.74) is 1.55. The Morgan fingerprint density at radius 3 is 2.96 bits per heavy atom. The Morgan fingerprint density at radius 2 is 2.19 bits per heavy atom. The van der Waals surface area contributed by atoms with Crippen LogP contribution in [0.3, 0.4) is 0 Å². The molecule has 138 valence electrons. The van der Waals surface area contributed by atoms with E-state index in [9.17, 15) is 9.59 Å². The standard InChI is InChI=1S/C19H18N4O4/c1-26-19(25)15-7-8-16-21-10-14(18(24)23(15)16)20-9-13-11-27-17(22-13)12-5-3-2-4-6-12/h2-6,10-11,15,20H,7-9H2,1H3/t15-/m0/s1. The second-order valence-corrected chi connectivity index (χ2v) is 6.20. The van der Waals surface area contributed by atoms with Crippen LogP contribution in [0.1, 0.15) is 24.0 Å². The van der Waals surface area contributed by atoms with Crippen LogP contribution in [0.2, 0.25) is 0 Å². The second kappa shape index (κ2) is 7.06. The van der Waals surface area contributed by atoms with Gasteiger partial charge in [0.15, 0.2) is 0 Å². The molecule has 3 heterocycles. The number of aromatic nitrogens is 3. The van der Waals surface area contributed by atoms with Crippen LogP contribution >= 0.6 is 0 Å². The molecular weight excluding hydrogens is 348 g/mol. The van der Waals surface area contributed by atoms with Crippen molar-refractivity contribution < 1.29 is 13.9 Å². The third-order valence-corrected chi connectivity index (χ3v) is 4.53. The molecule has 0 amide bonds. The van der Waals surface area contributed by atoms with Gasteiger partial charge in [0.2, 0.25) is 5.89 Å². The lowest BCUT2D eigenvalue weighted by Crippen LogP contribution is -2.30. The first-order chi connectivity index (χ1) is 13.2. The Labute approximate surface area is 154 Å². The number of benzene rings is 1. The predicted molar refractivity (Wildman–Crippen MR) is 97.1 cm³/mol. The van der Waals surface area contributed by atoms with Gasteiger partial charge >= 0.3 is 5.97 Å². The summed E-state index contributed by atoms with van der Waals surface area (Å²) in [5, 5.41) is 3.03. The SMILES string of the molecule is COC(=O)[C@@H]1CCc2ncc(NCc3coc(-c4ccccc4)n3)c(=O)n21. The van der Waals surface area contributed by atoms with Gasteiger partial charge in [-0.25, -0.2) is 14.8 Å². The number of nitrogens with one attached hydrogen (secondary N) is 1. The van der Waals surface area contributed by atoms with E-state index in [4.69, 9.17) is 9.15 Å². The van der Waals surface area contributed by atoms with E-state index in [2.05, 4.69) is 15.3 Å². The Morgan fingerprint density at radius 1 is 1.37 bits per heavy atom. The minimum Gasteiger partial charge on any atom is -0.467 e. The molecule has 1 atom stereocenters. The molecule has 0 saturated heterocycles. The summed E-state index contributed by atoms with van der Waals surface area (Å²) < 4.78 is 11.7. The van der Waals surface area contributed by atoms with E-state index in [1.807, 2.05) is 30.3 Å². The molecule has 0 spiro atoms. The van der Waals surface area contributed by atoms with E-state index < -0.39 is 12.0 Å². The average Bonchev–Trinajstić information content (AvgIpc) is 3.35. The number of anilines is 1. The van der Waals surface area contributed by atoms with Crippen LogP contribution in [-0.2, 0) is 22.5 Å². The summed E-state index contributed by atoms with van der Waals surface area (Å²) in [4.78, 5) is 33.4. The van der Waals surface area contributed by atoms with Crippen molar-refractivity contribution >= 4 is 11.7 Å². The van der Waals surface area contributed by atoms with Gasteiger partial charge in [-0.05, 0) is 18.6 Å². The molecule has 2 aromatic heterocycles. The molecule has 0 bridgehead atoms. The Kier molecular flexibility index (Phi) is 4.45. The first-order valence-electron chi connectivity index (χ1n) is 8.59. The maximum absolute atomic E-state index is 12.7. The number of fused-ring (bicyclic) bond motifs is 1. The number of hydrogen-bond acceptors (Lipinski definition) is 7. The smallest absolute Gasteiger partial charge is 0.329 e. The fourth-order valence-electron chi connectivity index (χ4n) is 3.17. The van der Waals surface area contributed by atoms with Gasteiger partial charge in [-0.1, -0.05) is 18.2 Å². The molecule has 3 aromatic rings. The van der Waals surface area contributed by atoms with Crippen molar-refractivity contribution in [1.82, 2.24) is 14.5 Å². The van der Waals surface area contributed by atoms with Crippen molar-refractivity contribution in [3.05, 3.63) is 64.7 Å². The van der Waals surface area contributed by atoms with Crippen LogP contribution in [0.25, 0.3) is 11.5 Å². The quantitative estimate of drug-likeness (QED) is 0.691. The number of aryl methyl sites for hydroxylation is 1. The zero-order valence-corrected chi connectivity index (χ0v) is 14.7. The average molecular weight is 366 g/mol. The number of esters is 1. The van der Waals surface area contributed by atoms with Crippen molar-refractivity contribution in [2.75, 3.05) is 12.4 Å². The number of methoxy groups -OCH3 is 1. The summed E-state index contributed by atoms with van der Waals surface area (Å²) in [5.74, 6) is 0.675. The summed E-state index contributed by atoms with van der Waals surface area (Å²) in [6.45, 7) is 0.301. The molecule has 1 aliphatic rings. The normalized spacial score (nSPS) is 15.4. The first-order valence-corrected chi connectivity index (χ1v) is 8.59. The number of oxazole rings is 1. The maximum Gasteiger partial charge on any atom is 0.329 e. The van der Waals surface area contributed by atoms with Crippen molar-refractivity contribution in [2.24, 2.45) is 0 Å². The van der Waals surface area contributed by atoms with E-state index >= 15 is 0 Å². The largest absolute Gasteiger partial charge is 0.467 e. The third kappa shape index (κ3) is 3.21. The molecule has 8 heteroatoms. The van der Waals surface area contributed by atoms with Crippen LogP contribution in [0.15, 0.2) is 52.0 Å². The molecule has 0 unspecified atom stereocenters. The molecule has 4 rings (SSSR count). The molecule has 27 heavy (non-hydrogen) atoms. The monoisotopic (exact) mass is 366 g/mol. The summed E-state index contributed by atoms with van der Waals surface area (Å²) in [7, 11) is 1.32. The lowest BCUT2D eigenvalue weighted by molar-refractivity contribution is -0.144. The third-order valence-electron chi connectivity index (χ3n) is 4.53. The van der Waals surface area contributed by atoms with Gasteiger partial charge in [0, 0.05) is 12.0 Å². The molecular formula is C19H18N4O4. The van der Waals surface area contributed by atoms with Gasteiger partial charge in [-0.3, -0.25) is 9.36 Å². The highest BCUT2D eigenvalue weighted by Gasteiger charge is 2.31. The first kappa shape index (κ1) is 17.0. The number of hydrogen-bond donors (Lipinski definition) is 1. The zero-order valence-electron chi connectivity index (χ0n) is 14.7. The topological polar surface area (TPSA) is 99.2 Å². The molecule has 1 N–H and O–H groups in total. The predicted octanol–water partition coefficient (Wildman–Crippen LogP) is 2.17. The summed E-state index contributed by atoms with van der Waals surface area (Å²) >= 11 is 0. The van der Waals surface area contributed by atoms with Gasteiger partial charge < -0.3 is 14.5 Å². The van der Waals surface area contributed by atoms with E-state index in [-0.39, 0.29) is 5.56 Å². The molecule has 0 radical (unpaired) electrons. The molecule has 0 saturated carbocycles.